The predicted molar refractivity (Wildman–Crippen MR) is 219 cm³/mol. The molecule has 306 valence electrons. The molecule has 2 aromatic carbocycles. The third-order valence-electron chi connectivity index (χ3n) is 10.1. The van der Waals surface area contributed by atoms with Crippen molar-refractivity contribution in [3.8, 4) is 0 Å². The van der Waals surface area contributed by atoms with Gasteiger partial charge in [-0.05, 0) is 112 Å². The number of carboxylic acid groups (broad SMARTS) is 1. The van der Waals surface area contributed by atoms with Crippen LogP contribution >= 0.6 is 0 Å². The average molecular weight is 794 g/mol. The molecule has 1 fully saturated rings. The number of anilines is 2. The summed E-state index contributed by atoms with van der Waals surface area (Å²) >= 11 is 0. The number of carbonyl (C=O) groups excluding carboxylic acids is 5. The number of fused-ring (bicyclic) bond motifs is 1. The normalized spacial score (nSPS) is 14.6. The van der Waals surface area contributed by atoms with Gasteiger partial charge in [0.15, 0.2) is 0 Å². The molecule has 0 unspecified atom stereocenters. The quantitative estimate of drug-likeness (QED) is 0.0469. The third-order valence-corrected chi connectivity index (χ3v) is 10.1. The minimum atomic E-state index is -1.28. The number of H-pyrrole nitrogens is 1. The van der Waals surface area contributed by atoms with Gasteiger partial charge in [0.1, 0.15) is 17.6 Å². The molecule has 0 radical (unpaired) electrons. The number of hydrogen-bond acceptors (Lipinski definition) is 9. The zero-order chi connectivity index (χ0) is 41.5. The fourth-order valence-corrected chi connectivity index (χ4v) is 6.83. The van der Waals surface area contributed by atoms with Gasteiger partial charge in [-0.25, -0.2) is 4.98 Å². The Balaban J connectivity index is 1.26. The molecule has 1 aliphatic rings. The fourth-order valence-electron chi connectivity index (χ4n) is 6.83. The molecule has 0 aliphatic heterocycles. The van der Waals surface area contributed by atoms with Crippen molar-refractivity contribution < 1.29 is 33.9 Å². The summed E-state index contributed by atoms with van der Waals surface area (Å²) in [5.74, 6) is -3.37. The van der Waals surface area contributed by atoms with E-state index in [-0.39, 0.29) is 37.2 Å². The summed E-state index contributed by atoms with van der Waals surface area (Å²) in [4.78, 5) is 89.3. The van der Waals surface area contributed by atoms with Crippen molar-refractivity contribution in [2.75, 3.05) is 11.9 Å². The van der Waals surface area contributed by atoms with E-state index in [4.69, 9.17) is 5.73 Å². The second-order valence-corrected chi connectivity index (χ2v) is 14.6. The number of nitrogens with one attached hydrogen (secondary N) is 6. The average Bonchev–Trinajstić information content (AvgIpc) is 3.61. The zero-order valence-corrected chi connectivity index (χ0v) is 32.5. The van der Waals surface area contributed by atoms with Crippen LogP contribution in [0.25, 0.3) is 17.1 Å². The van der Waals surface area contributed by atoms with Crippen LogP contribution in [0.3, 0.4) is 0 Å². The summed E-state index contributed by atoms with van der Waals surface area (Å²) in [6, 6.07) is 13.8. The molecule has 2 heterocycles. The molecule has 5 rings (SSSR count). The maximum atomic E-state index is 14.0. The van der Waals surface area contributed by atoms with Crippen molar-refractivity contribution in [1.29, 1.82) is 0 Å². The van der Waals surface area contributed by atoms with Crippen LogP contribution in [0.15, 0.2) is 73.1 Å². The van der Waals surface area contributed by atoms with Crippen molar-refractivity contribution in [2.24, 2.45) is 5.73 Å². The lowest BCUT2D eigenvalue weighted by Gasteiger charge is -2.36. The number of unbranched alkanes of at least 4 members (excludes halogenated alkanes) is 1. The molecule has 58 heavy (non-hydrogen) atoms. The summed E-state index contributed by atoms with van der Waals surface area (Å²) < 4.78 is 0. The number of aliphatic carboxylic acids is 1. The first-order chi connectivity index (χ1) is 27.9. The van der Waals surface area contributed by atoms with E-state index in [2.05, 4.69) is 41.5 Å². The SMILES string of the molecule is Cc1ccc2nc(Nc3ccc(C(=O)N[C@H](CCCCNC(=O)/C=C/c4cccnc4)C(=O)N[C@H](CCCC(=O)O)C(=O)NC4(C(N)=O)CCCCC4)cc3)[nH]c2c1. The minimum absolute atomic E-state index is 0.0305. The molecule has 16 nitrogen and oxygen atoms in total. The minimum Gasteiger partial charge on any atom is -0.481 e. The van der Waals surface area contributed by atoms with Crippen molar-refractivity contribution in [3.05, 3.63) is 89.8 Å². The molecule has 16 heteroatoms. The first-order valence-corrected chi connectivity index (χ1v) is 19.6. The number of nitrogens with zero attached hydrogens (tertiary/aromatic N) is 2. The largest absolute Gasteiger partial charge is 0.481 e. The van der Waals surface area contributed by atoms with Crippen molar-refractivity contribution in [1.82, 2.24) is 36.2 Å². The lowest BCUT2D eigenvalue weighted by molar-refractivity contribution is -0.137. The van der Waals surface area contributed by atoms with E-state index in [9.17, 15) is 33.9 Å². The number of primary amides is 1. The van der Waals surface area contributed by atoms with Gasteiger partial charge in [-0.3, -0.25) is 33.8 Å². The van der Waals surface area contributed by atoms with Gasteiger partial charge in [-0.15, -0.1) is 0 Å². The van der Waals surface area contributed by atoms with E-state index < -0.39 is 47.2 Å². The van der Waals surface area contributed by atoms with Crippen molar-refractivity contribution >= 4 is 64.3 Å². The van der Waals surface area contributed by atoms with Crippen LogP contribution in [0, 0.1) is 6.92 Å². The van der Waals surface area contributed by atoms with Crippen LogP contribution in [0.1, 0.15) is 92.1 Å². The summed E-state index contributed by atoms with van der Waals surface area (Å²) in [6.07, 6.45) is 10.1. The lowest BCUT2D eigenvalue weighted by atomic mass is 9.80. The molecule has 4 aromatic rings. The van der Waals surface area contributed by atoms with Gasteiger partial charge in [-0.1, -0.05) is 31.4 Å². The number of nitrogens with two attached hydrogens (primary N) is 1. The summed E-state index contributed by atoms with van der Waals surface area (Å²) in [5, 5.41) is 23.6. The smallest absolute Gasteiger partial charge is 0.303 e. The van der Waals surface area contributed by atoms with Gasteiger partial charge in [0, 0.05) is 42.7 Å². The second kappa shape index (κ2) is 20.5. The van der Waals surface area contributed by atoms with Crippen LogP contribution in [0.5, 0.6) is 0 Å². The van der Waals surface area contributed by atoms with Crippen LogP contribution in [0.4, 0.5) is 11.6 Å². The zero-order valence-electron chi connectivity index (χ0n) is 32.5. The molecule has 5 amide bonds. The number of imidazole rings is 1. The van der Waals surface area contributed by atoms with Gasteiger partial charge < -0.3 is 42.4 Å². The maximum Gasteiger partial charge on any atom is 0.303 e. The molecular weight excluding hydrogens is 743 g/mol. The Morgan fingerprint density at radius 1 is 0.914 bits per heavy atom. The molecule has 1 saturated carbocycles. The van der Waals surface area contributed by atoms with E-state index in [1.54, 1.807) is 48.8 Å². The number of benzene rings is 2. The van der Waals surface area contributed by atoms with E-state index in [1.807, 2.05) is 31.2 Å². The van der Waals surface area contributed by atoms with Gasteiger partial charge in [0.05, 0.1) is 11.0 Å². The molecule has 0 saturated heterocycles. The fraction of sp³-hybridized carbons (Fsp3) is 0.381. The standard InChI is InChI=1S/C42H51N9O7/c1-27-13-19-31-34(25-27)50-41(49-31)46-30-17-15-29(16-18-30)37(55)47-32(10-3-6-24-45-35(52)20-14-28-9-8-23-44-26-28)38(56)48-33(11-7-12-36(53)54)39(57)51-42(40(43)58)21-4-2-5-22-42/h8-9,13-20,23,25-26,32-33H,2-7,10-12,21-22,24H2,1H3,(H2,43,58)(H,45,52)(H,47,55)(H,48,56)(H,51,57)(H,53,54)(H2,46,49,50)/b20-14+/t32-,33-/m1/s1. The number of pyridine rings is 1. The van der Waals surface area contributed by atoms with Crippen LogP contribution in [-0.2, 0) is 24.0 Å². The first-order valence-electron chi connectivity index (χ1n) is 19.6. The van der Waals surface area contributed by atoms with Crippen molar-refractivity contribution in [3.63, 3.8) is 0 Å². The Morgan fingerprint density at radius 3 is 2.36 bits per heavy atom. The van der Waals surface area contributed by atoms with E-state index in [0.717, 1.165) is 28.6 Å². The van der Waals surface area contributed by atoms with Gasteiger partial charge in [0.2, 0.25) is 29.6 Å². The number of carboxylic acids is 1. The Hall–Kier alpha value is -6.58. The Bertz CT molecular complexity index is 2090. The van der Waals surface area contributed by atoms with Crippen molar-refractivity contribution in [2.45, 2.75) is 95.2 Å². The molecule has 9 N–H and O–H groups in total. The molecule has 2 atom stereocenters. The monoisotopic (exact) mass is 793 g/mol. The van der Waals surface area contributed by atoms with Crippen LogP contribution in [-0.4, -0.2) is 79.7 Å². The van der Waals surface area contributed by atoms with Crippen LogP contribution in [0.2, 0.25) is 0 Å². The Morgan fingerprint density at radius 2 is 1.66 bits per heavy atom. The number of rotatable bonds is 20. The van der Waals surface area contributed by atoms with Gasteiger partial charge >= 0.3 is 5.97 Å². The molecule has 0 bridgehead atoms. The molecule has 0 spiro atoms. The summed E-state index contributed by atoms with van der Waals surface area (Å²) in [7, 11) is 0. The van der Waals surface area contributed by atoms with Crippen LogP contribution < -0.4 is 32.3 Å². The number of aromatic amines is 1. The number of carbonyl (C=O) groups is 6. The first kappa shape index (κ1) is 42.6. The Labute approximate surface area is 336 Å². The predicted octanol–water partition coefficient (Wildman–Crippen LogP) is 4.15. The number of amides is 5. The Kier molecular flexibility index (Phi) is 15.1. The highest BCUT2D eigenvalue weighted by Crippen LogP contribution is 2.28. The number of hydrogen-bond donors (Lipinski definition) is 8. The van der Waals surface area contributed by atoms with E-state index >= 15 is 0 Å². The lowest BCUT2D eigenvalue weighted by Crippen LogP contribution is -2.62. The highest BCUT2D eigenvalue weighted by molar-refractivity contribution is 5.99. The summed E-state index contributed by atoms with van der Waals surface area (Å²) in [5.41, 5.74) is 8.96. The van der Waals surface area contributed by atoms with E-state index in [0.29, 0.717) is 56.7 Å². The van der Waals surface area contributed by atoms with Gasteiger partial charge in [-0.2, -0.15) is 0 Å². The van der Waals surface area contributed by atoms with E-state index in [1.165, 1.54) is 6.08 Å². The maximum absolute atomic E-state index is 14.0. The summed E-state index contributed by atoms with van der Waals surface area (Å²) in [6.45, 7) is 2.29. The molecule has 1 aliphatic carbocycles. The highest BCUT2D eigenvalue weighted by Gasteiger charge is 2.41. The second-order valence-electron chi connectivity index (χ2n) is 14.6. The highest BCUT2D eigenvalue weighted by atomic mass is 16.4. The molecular formula is C42H51N9O7. The number of aryl methyl sites for hydroxylation is 1. The topological polar surface area (TPSA) is 250 Å². The molecule has 2 aromatic heterocycles. The number of aromatic nitrogens is 3. The third kappa shape index (κ3) is 12.5. The van der Waals surface area contributed by atoms with Gasteiger partial charge in [0.25, 0.3) is 5.91 Å².